The van der Waals surface area contributed by atoms with Crippen molar-refractivity contribution < 1.29 is 9.53 Å². The van der Waals surface area contributed by atoms with E-state index in [1.54, 1.807) is 19.4 Å². The van der Waals surface area contributed by atoms with Crippen LogP contribution < -0.4 is 10.1 Å². The second-order valence-electron chi connectivity index (χ2n) is 4.22. The number of hydrogen-bond acceptors (Lipinski definition) is 3. The number of anilines is 1. The lowest BCUT2D eigenvalue weighted by Gasteiger charge is -2.08. The van der Waals surface area contributed by atoms with Crippen LogP contribution in [0, 0.1) is 0 Å². The van der Waals surface area contributed by atoms with Gasteiger partial charge in [0.15, 0.2) is 0 Å². The molecule has 1 aromatic heterocycles. The van der Waals surface area contributed by atoms with Crippen LogP contribution in [0.1, 0.15) is 12.0 Å². The number of rotatable bonds is 5. The number of nitrogens with one attached hydrogen (secondary N) is 1. The Hall–Kier alpha value is -1.88. The maximum Gasteiger partial charge on any atom is 0.225 e. The average Bonchev–Trinajstić information content (AvgIpc) is 2.48. The molecule has 0 aliphatic heterocycles. The third-order valence-electron chi connectivity index (χ3n) is 2.81. The number of halogens is 1. The molecule has 0 saturated heterocycles. The van der Waals surface area contributed by atoms with Crippen LogP contribution in [0.15, 0.2) is 47.1 Å². The summed E-state index contributed by atoms with van der Waals surface area (Å²) in [6.45, 7) is 0. The van der Waals surface area contributed by atoms with E-state index in [1.807, 2.05) is 30.3 Å². The van der Waals surface area contributed by atoms with E-state index in [9.17, 15) is 4.79 Å². The highest BCUT2D eigenvalue weighted by Gasteiger charge is 2.07. The van der Waals surface area contributed by atoms with Crippen molar-refractivity contribution in [3.05, 3.63) is 52.6 Å². The van der Waals surface area contributed by atoms with Crippen molar-refractivity contribution in [2.24, 2.45) is 0 Å². The number of ether oxygens (including phenoxy) is 1. The SMILES string of the molecule is COc1ccccc1CCC(=O)Nc1ccc(Br)cn1. The fourth-order valence-corrected chi connectivity index (χ4v) is 2.05. The number of amides is 1. The summed E-state index contributed by atoms with van der Waals surface area (Å²) in [6.07, 6.45) is 2.67. The standard InChI is InChI=1S/C15H15BrN2O2/c1-20-13-5-3-2-4-11(13)6-9-15(19)18-14-8-7-12(16)10-17-14/h2-5,7-8,10H,6,9H2,1H3,(H,17,18,19). The molecule has 2 rings (SSSR count). The Morgan fingerprint density at radius 1 is 1.30 bits per heavy atom. The minimum atomic E-state index is -0.0641. The second-order valence-corrected chi connectivity index (χ2v) is 5.14. The summed E-state index contributed by atoms with van der Waals surface area (Å²) in [5, 5.41) is 2.77. The number of nitrogens with zero attached hydrogens (tertiary/aromatic N) is 1. The molecule has 0 radical (unpaired) electrons. The van der Waals surface area contributed by atoms with E-state index in [0.29, 0.717) is 18.7 Å². The predicted molar refractivity (Wildman–Crippen MR) is 81.9 cm³/mol. The first-order valence-electron chi connectivity index (χ1n) is 6.22. The number of hydrogen-bond donors (Lipinski definition) is 1. The number of pyridine rings is 1. The molecule has 0 bridgehead atoms. The summed E-state index contributed by atoms with van der Waals surface area (Å²) in [5.74, 6) is 1.30. The molecule has 1 heterocycles. The molecule has 0 saturated carbocycles. The molecule has 0 spiro atoms. The summed E-state index contributed by atoms with van der Waals surface area (Å²) >= 11 is 3.30. The van der Waals surface area contributed by atoms with Gasteiger partial charge in [0.1, 0.15) is 11.6 Å². The first kappa shape index (κ1) is 14.5. The Bertz CT molecular complexity index is 585. The highest BCUT2D eigenvalue weighted by molar-refractivity contribution is 9.10. The van der Waals surface area contributed by atoms with Gasteiger partial charge in [0.25, 0.3) is 0 Å². The number of benzene rings is 1. The Morgan fingerprint density at radius 2 is 2.10 bits per heavy atom. The van der Waals surface area contributed by atoms with E-state index in [2.05, 4.69) is 26.2 Å². The van der Waals surface area contributed by atoms with Gasteiger partial charge in [0.2, 0.25) is 5.91 Å². The molecule has 0 aliphatic rings. The summed E-state index contributed by atoms with van der Waals surface area (Å²) < 4.78 is 6.14. The van der Waals surface area contributed by atoms with Gasteiger partial charge in [-0.1, -0.05) is 18.2 Å². The molecule has 4 nitrogen and oxygen atoms in total. The Labute approximate surface area is 126 Å². The lowest BCUT2D eigenvalue weighted by Crippen LogP contribution is -2.13. The van der Waals surface area contributed by atoms with E-state index >= 15 is 0 Å². The van der Waals surface area contributed by atoms with Crippen LogP contribution in [-0.4, -0.2) is 18.0 Å². The molecular weight excluding hydrogens is 320 g/mol. The molecule has 104 valence electrons. The third-order valence-corrected chi connectivity index (χ3v) is 3.28. The van der Waals surface area contributed by atoms with E-state index in [0.717, 1.165) is 15.8 Å². The number of aromatic nitrogens is 1. The fourth-order valence-electron chi connectivity index (χ4n) is 1.81. The zero-order chi connectivity index (χ0) is 14.4. The highest BCUT2D eigenvalue weighted by Crippen LogP contribution is 2.19. The Balaban J connectivity index is 1.90. The molecule has 20 heavy (non-hydrogen) atoms. The summed E-state index contributed by atoms with van der Waals surface area (Å²) in [5.41, 5.74) is 1.02. The molecule has 2 aromatic rings. The van der Waals surface area contributed by atoms with Gasteiger partial charge in [-0.2, -0.15) is 0 Å². The minimum Gasteiger partial charge on any atom is -0.496 e. The van der Waals surface area contributed by atoms with Crippen molar-refractivity contribution in [2.45, 2.75) is 12.8 Å². The quantitative estimate of drug-likeness (QED) is 0.911. The van der Waals surface area contributed by atoms with Gasteiger partial charge in [-0.15, -0.1) is 0 Å². The number of methoxy groups -OCH3 is 1. The lowest BCUT2D eigenvalue weighted by molar-refractivity contribution is -0.116. The third kappa shape index (κ3) is 4.06. The molecule has 0 unspecified atom stereocenters. The van der Waals surface area contributed by atoms with Crippen LogP contribution >= 0.6 is 15.9 Å². The van der Waals surface area contributed by atoms with Gasteiger partial charge in [0, 0.05) is 17.1 Å². The zero-order valence-corrected chi connectivity index (χ0v) is 12.7. The second kappa shape index (κ2) is 7.05. The van der Waals surface area contributed by atoms with Gasteiger partial charge in [-0.25, -0.2) is 4.98 Å². The van der Waals surface area contributed by atoms with Crippen LogP contribution in [0.25, 0.3) is 0 Å². The molecule has 0 atom stereocenters. The van der Waals surface area contributed by atoms with Gasteiger partial charge in [-0.05, 0) is 46.1 Å². The van der Waals surface area contributed by atoms with E-state index in [1.165, 1.54) is 0 Å². The Morgan fingerprint density at radius 3 is 2.80 bits per heavy atom. The van der Waals surface area contributed by atoms with Crippen molar-refractivity contribution in [3.8, 4) is 5.75 Å². The minimum absolute atomic E-state index is 0.0641. The van der Waals surface area contributed by atoms with Crippen LogP contribution in [0.2, 0.25) is 0 Å². The molecule has 5 heteroatoms. The summed E-state index contributed by atoms with van der Waals surface area (Å²) in [4.78, 5) is 16.0. The van der Waals surface area contributed by atoms with Gasteiger partial charge in [0.05, 0.1) is 7.11 Å². The lowest BCUT2D eigenvalue weighted by atomic mass is 10.1. The van der Waals surface area contributed by atoms with Crippen molar-refractivity contribution in [1.82, 2.24) is 4.98 Å². The molecule has 1 N–H and O–H groups in total. The average molecular weight is 335 g/mol. The van der Waals surface area contributed by atoms with Crippen LogP contribution in [0.4, 0.5) is 5.82 Å². The number of carbonyl (C=O) groups excluding carboxylic acids is 1. The fraction of sp³-hybridized carbons (Fsp3) is 0.200. The van der Waals surface area contributed by atoms with E-state index in [-0.39, 0.29) is 5.91 Å². The first-order valence-corrected chi connectivity index (χ1v) is 7.01. The predicted octanol–water partition coefficient (Wildman–Crippen LogP) is 3.42. The smallest absolute Gasteiger partial charge is 0.225 e. The topological polar surface area (TPSA) is 51.2 Å². The van der Waals surface area contributed by atoms with Crippen LogP contribution in [0.5, 0.6) is 5.75 Å². The molecule has 1 aromatic carbocycles. The molecular formula is C15H15BrN2O2. The zero-order valence-electron chi connectivity index (χ0n) is 11.1. The molecule has 0 fully saturated rings. The maximum atomic E-state index is 11.9. The number of carbonyl (C=O) groups is 1. The molecule has 1 amide bonds. The van der Waals surface area contributed by atoms with Gasteiger partial charge in [-0.3, -0.25) is 4.79 Å². The number of aryl methyl sites for hydroxylation is 1. The van der Waals surface area contributed by atoms with Crippen LogP contribution in [0.3, 0.4) is 0 Å². The first-order chi connectivity index (χ1) is 9.69. The van der Waals surface area contributed by atoms with Gasteiger partial charge < -0.3 is 10.1 Å². The van der Waals surface area contributed by atoms with Crippen molar-refractivity contribution in [3.63, 3.8) is 0 Å². The molecule has 0 aliphatic carbocycles. The van der Waals surface area contributed by atoms with Crippen molar-refractivity contribution >= 4 is 27.7 Å². The summed E-state index contributed by atoms with van der Waals surface area (Å²) in [7, 11) is 1.63. The van der Waals surface area contributed by atoms with E-state index in [4.69, 9.17) is 4.74 Å². The monoisotopic (exact) mass is 334 g/mol. The summed E-state index contributed by atoms with van der Waals surface area (Å²) in [6, 6.07) is 11.3. The largest absolute Gasteiger partial charge is 0.496 e. The highest BCUT2D eigenvalue weighted by atomic mass is 79.9. The Kier molecular flexibility index (Phi) is 5.12. The van der Waals surface area contributed by atoms with Gasteiger partial charge >= 0.3 is 0 Å². The normalized spacial score (nSPS) is 10.1. The van der Waals surface area contributed by atoms with Crippen molar-refractivity contribution in [1.29, 1.82) is 0 Å². The van der Waals surface area contributed by atoms with E-state index < -0.39 is 0 Å². The van der Waals surface area contributed by atoms with Crippen LogP contribution in [-0.2, 0) is 11.2 Å². The maximum absolute atomic E-state index is 11.9. The number of para-hydroxylation sites is 1. The van der Waals surface area contributed by atoms with Crippen molar-refractivity contribution in [2.75, 3.05) is 12.4 Å².